The fraction of sp³-hybridized carbons (Fsp3) is 0.312. The molecule has 0 radical (unpaired) electrons. The molecule has 1 aliphatic rings. The van der Waals surface area contributed by atoms with Gasteiger partial charge in [-0.1, -0.05) is 6.07 Å². The number of rotatable bonds is 4. The number of thioether (sulfide) groups is 1. The van der Waals surface area contributed by atoms with Crippen molar-refractivity contribution in [3.8, 4) is 5.75 Å². The lowest BCUT2D eigenvalue weighted by atomic mass is 10.2. The minimum absolute atomic E-state index is 0.320. The predicted octanol–water partition coefficient (Wildman–Crippen LogP) is 2.83. The van der Waals surface area contributed by atoms with Crippen LogP contribution >= 0.6 is 11.8 Å². The Hall–Kier alpha value is -2.08. The fourth-order valence-corrected chi connectivity index (χ4v) is 3.29. The number of hydrogen-bond acceptors (Lipinski definition) is 5. The molecule has 114 valence electrons. The molecule has 1 atom stereocenters. The van der Waals surface area contributed by atoms with Crippen LogP contribution in [0.4, 0.5) is 0 Å². The molecule has 5 nitrogen and oxygen atoms in total. The molecule has 0 bridgehead atoms. The molecular weight excluding hydrogens is 300 g/mol. The molecule has 0 saturated heterocycles. The number of aliphatic imine (C=N–C) groups is 1. The summed E-state index contributed by atoms with van der Waals surface area (Å²) in [6.07, 6.45) is 0. The molecular formula is C16H16N2O3S. The van der Waals surface area contributed by atoms with Gasteiger partial charge in [0.25, 0.3) is 0 Å². The molecule has 6 heteroatoms. The molecule has 1 N–H and O–H groups in total. The molecule has 2 heterocycles. The van der Waals surface area contributed by atoms with Gasteiger partial charge in [-0.3, -0.25) is 9.79 Å². The first kappa shape index (κ1) is 14.8. The number of benzene rings is 1. The molecule has 1 aliphatic heterocycles. The summed E-state index contributed by atoms with van der Waals surface area (Å²) in [4.78, 5) is 19.9. The van der Waals surface area contributed by atoms with Gasteiger partial charge in [0.1, 0.15) is 10.8 Å². The van der Waals surface area contributed by atoms with Gasteiger partial charge in [-0.15, -0.1) is 11.8 Å². The normalized spacial score (nSPS) is 18.0. The molecule has 1 aromatic carbocycles. The molecule has 0 aliphatic carbocycles. The van der Waals surface area contributed by atoms with E-state index in [1.165, 1.54) is 11.8 Å². The molecule has 3 rings (SSSR count). The maximum Gasteiger partial charge on any atom is 0.309 e. The van der Waals surface area contributed by atoms with Crippen LogP contribution in [0.3, 0.4) is 0 Å². The number of aromatic nitrogens is 1. The van der Waals surface area contributed by atoms with Crippen LogP contribution in [0, 0.1) is 5.92 Å². The average Bonchev–Trinajstić information content (AvgIpc) is 2.55. The van der Waals surface area contributed by atoms with E-state index >= 15 is 0 Å². The fourth-order valence-electron chi connectivity index (χ4n) is 2.25. The SMILES string of the molecule is CCOc1ccc2nc(C3=NCC(C(=O)O)CS3)ccc2c1. The number of aliphatic carboxylic acids is 1. The van der Waals surface area contributed by atoms with Crippen LogP contribution in [-0.4, -0.2) is 40.0 Å². The predicted molar refractivity (Wildman–Crippen MR) is 87.9 cm³/mol. The molecule has 22 heavy (non-hydrogen) atoms. The van der Waals surface area contributed by atoms with Crippen molar-refractivity contribution in [2.75, 3.05) is 18.9 Å². The highest BCUT2D eigenvalue weighted by atomic mass is 32.2. The number of fused-ring (bicyclic) bond motifs is 1. The number of carbonyl (C=O) groups is 1. The van der Waals surface area contributed by atoms with Crippen LogP contribution in [0.2, 0.25) is 0 Å². The van der Waals surface area contributed by atoms with E-state index in [0.29, 0.717) is 18.9 Å². The first-order chi connectivity index (χ1) is 10.7. The van der Waals surface area contributed by atoms with Crippen molar-refractivity contribution >= 4 is 33.7 Å². The average molecular weight is 316 g/mol. The van der Waals surface area contributed by atoms with E-state index in [9.17, 15) is 4.79 Å². The zero-order valence-electron chi connectivity index (χ0n) is 12.2. The van der Waals surface area contributed by atoms with Gasteiger partial charge in [0.05, 0.1) is 30.3 Å². The summed E-state index contributed by atoms with van der Waals surface area (Å²) in [5.74, 6) is 0.184. The van der Waals surface area contributed by atoms with E-state index in [0.717, 1.165) is 27.4 Å². The van der Waals surface area contributed by atoms with Gasteiger partial charge in [0.2, 0.25) is 0 Å². The molecule has 0 saturated carbocycles. The zero-order valence-corrected chi connectivity index (χ0v) is 13.0. The lowest BCUT2D eigenvalue weighted by Crippen LogP contribution is -2.24. The minimum atomic E-state index is -0.787. The summed E-state index contributed by atoms with van der Waals surface area (Å²) in [6, 6.07) is 9.71. The van der Waals surface area contributed by atoms with Crippen LogP contribution in [0.15, 0.2) is 35.3 Å². The first-order valence-corrected chi connectivity index (χ1v) is 8.10. The highest BCUT2D eigenvalue weighted by Crippen LogP contribution is 2.25. The van der Waals surface area contributed by atoms with Gasteiger partial charge >= 0.3 is 5.97 Å². The third-order valence-electron chi connectivity index (χ3n) is 3.42. The summed E-state index contributed by atoms with van der Waals surface area (Å²) in [6.45, 7) is 2.91. The number of nitrogens with zero attached hydrogens (tertiary/aromatic N) is 2. The summed E-state index contributed by atoms with van der Waals surface area (Å²) >= 11 is 1.45. The molecule has 0 fully saturated rings. The highest BCUT2D eigenvalue weighted by molar-refractivity contribution is 8.14. The number of carboxylic acids is 1. The van der Waals surface area contributed by atoms with Crippen molar-refractivity contribution in [3.63, 3.8) is 0 Å². The Labute approximate surface area is 132 Å². The summed E-state index contributed by atoms with van der Waals surface area (Å²) in [5, 5.41) is 10.8. The number of hydrogen-bond donors (Lipinski definition) is 1. The van der Waals surface area contributed by atoms with Crippen LogP contribution in [-0.2, 0) is 4.79 Å². The van der Waals surface area contributed by atoms with E-state index in [4.69, 9.17) is 9.84 Å². The van der Waals surface area contributed by atoms with Gasteiger partial charge in [-0.05, 0) is 31.2 Å². The Morgan fingerprint density at radius 1 is 1.41 bits per heavy atom. The Bertz CT molecular complexity index is 745. The van der Waals surface area contributed by atoms with Crippen LogP contribution < -0.4 is 4.74 Å². The second kappa shape index (κ2) is 6.36. The monoisotopic (exact) mass is 316 g/mol. The Morgan fingerprint density at radius 3 is 2.95 bits per heavy atom. The van der Waals surface area contributed by atoms with Crippen molar-refractivity contribution in [2.45, 2.75) is 6.92 Å². The number of carboxylic acid groups (broad SMARTS) is 1. The van der Waals surface area contributed by atoms with Gasteiger partial charge in [0.15, 0.2) is 0 Å². The Balaban J connectivity index is 1.86. The maximum atomic E-state index is 10.9. The molecule has 0 amide bonds. The quantitative estimate of drug-likeness (QED) is 0.939. The standard InChI is InChI=1S/C16H16N2O3S/c1-2-21-12-4-6-13-10(7-12)3-5-14(18-13)15-17-8-11(9-22-15)16(19)20/h3-7,11H,2,8-9H2,1H3,(H,19,20). The molecule has 2 aromatic rings. The smallest absolute Gasteiger partial charge is 0.309 e. The summed E-state index contributed by atoms with van der Waals surface area (Å²) < 4.78 is 5.48. The van der Waals surface area contributed by atoms with Gasteiger partial charge in [-0.25, -0.2) is 4.98 Å². The third-order valence-corrected chi connectivity index (χ3v) is 4.60. The second-order valence-corrected chi connectivity index (χ2v) is 5.98. The maximum absolute atomic E-state index is 10.9. The van der Waals surface area contributed by atoms with E-state index < -0.39 is 11.9 Å². The van der Waals surface area contributed by atoms with Crippen molar-refractivity contribution in [1.29, 1.82) is 0 Å². The van der Waals surface area contributed by atoms with Crippen molar-refractivity contribution in [3.05, 3.63) is 36.0 Å². The largest absolute Gasteiger partial charge is 0.494 e. The molecule has 1 unspecified atom stereocenters. The molecule has 1 aromatic heterocycles. The lowest BCUT2D eigenvalue weighted by Gasteiger charge is -2.17. The van der Waals surface area contributed by atoms with E-state index in [1.54, 1.807) is 0 Å². The summed E-state index contributed by atoms with van der Waals surface area (Å²) in [5.41, 5.74) is 1.68. The zero-order chi connectivity index (χ0) is 15.5. The van der Waals surface area contributed by atoms with Crippen LogP contribution in [0.25, 0.3) is 10.9 Å². The number of pyridine rings is 1. The summed E-state index contributed by atoms with van der Waals surface area (Å²) in [7, 11) is 0. The van der Waals surface area contributed by atoms with Crippen molar-refractivity contribution in [1.82, 2.24) is 4.98 Å². The lowest BCUT2D eigenvalue weighted by molar-refractivity contribution is -0.140. The topological polar surface area (TPSA) is 71.8 Å². The van der Waals surface area contributed by atoms with Crippen LogP contribution in [0.1, 0.15) is 12.6 Å². The Kier molecular flexibility index (Phi) is 4.29. The minimum Gasteiger partial charge on any atom is -0.494 e. The third kappa shape index (κ3) is 3.06. The Morgan fingerprint density at radius 2 is 2.27 bits per heavy atom. The second-order valence-electron chi connectivity index (χ2n) is 4.98. The van der Waals surface area contributed by atoms with E-state index in [2.05, 4.69) is 9.98 Å². The van der Waals surface area contributed by atoms with Gasteiger partial charge in [0, 0.05) is 11.1 Å². The van der Waals surface area contributed by atoms with E-state index in [-0.39, 0.29) is 0 Å². The number of ether oxygens (including phenoxy) is 1. The van der Waals surface area contributed by atoms with Crippen molar-refractivity contribution < 1.29 is 14.6 Å². The van der Waals surface area contributed by atoms with Gasteiger partial charge < -0.3 is 9.84 Å². The van der Waals surface area contributed by atoms with Crippen LogP contribution in [0.5, 0.6) is 5.75 Å². The van der Waals surface area contributed by atoms with Gasteiger partial charge in [-0.2, -0.15) is 0 Å². The van der Waals surface area contributed by atoms with Crippen molar-refractivity contribution in [2.24, 2.45) is 10.9 Å². The van der Waals surface area contributed by atoms with E-state index in [1.807, 2.05) is 37.3 Å². The highest BCUT2D eigenvalue weighted by Gasteiger charge is 2.23. The molecule has 0 spiro atoms. The first-order valence-electron chi connectivity index (χ1n) is 7.11.